The van der Waals surface area contributed by atoms with Crippen molar-refractivity contribution in [2.24, 2.45) is 5.73 Å². The number of nitrogens with one attached hydrogen (secondary N) is 2. The highest BCUT2D eigenvalue weighted by atomic mass is 14.9. The topological polar surface area (TPSA) is 61.9 Å². The molecule has 1 aromatic rings. The molecule has 1 atom stereocenters. The predicted octanol–water partition coefficient (Wildman–Crippen LogP) is 3.46. The molecule has 0 radical (unpaired) electrons. The van der Waals surface area contributed by atoms with E-state index in [0.717, 1.165) is 30.6 Å². The van der Waals surface area contributed by atoms with Crippen LogP contribution in [0.5, 0.6) is 0 Å². The molecule has 3 nitrogen and oxygen atoms in total. The Morgan fingerprint density at radius 3 is 2.89 bits per heavy atom. The molecule has 18 heavy (non-hydrogen) atoms. The molecule has 0 aliphatic rings. The maximum absolute atomic E-state index is 6.99. The smallest absolute Gasteiger partial charge is 0.0411 e. The van der Waals surface area contributed by atoms with Crippen molar-refractivity contribution in [1.82, 2.24) is 0 Å². The summed E-state index contributed by atoms with van der Waals surface area (Å²) in [4.78, 5) is 0. The van der Waals surface area contributed by atoms with Crippen LogP contribution in [0.2, 0.25) is 0 Å². The number of aryl methyl sites for hydroxylation is 1. The van der Waals surface area contributed by atoms with Crippen molar-refractivity contribution < 1.29 is 0 Å². The fourth-order valence-electron chi connectivity index (χ4n) is 1.81. The average Bonchev–Trinajstić information content (AvgIpc) is 2.32. The summed E-state index contributed by atoms with van der Waals surface area (Å²) in [6, 6.07) is 8.29. The standard InChI is InChI=1S/C15H23N3/c1-12-6-3-4-9-15(12)18-13(2)7-5-8-14(17)10-11-16/h3-4,6,9,11,14,16,18H,2,5,7-8,10,17H2,1H3. The molecule has 0 heterocycles. The van der Waals surface area contributed by atoms with Gasteiger partial charge in [-0.1, -0.05) is 24.8 Å². The van der Waals surface area contributed by atoms with Crippen molar-refractivity contribution >= 4 is 11.9 Å². The molecule has 0 aliphatic carbocycles. The van der Waals surface area contributed by atoms with Crippen LogP contribution in [0.15, 0.2) is 36.5 Å². The first-order chi connectivity index (χ1) is 8.63. The van der Waals surface area contributed by atoms with Gasteiger partial charge in [-0.25, -0.2) is 0 Å². The van der Waals surface area contributed by atoms with Gasteiger partial charge in [-0.3, -0.25) is 0 Å². The second-order valence-corrected chi connectivity index (χ2v) is 4.64. The van der Waals surface area contributed by atoms with Gasteiger partial charge in [0.25, 0.3) is 0 Å². The molecule has 0 spiro atoms. The number of benzene rings is 1. The van der Waals surface area contributed by atoms with Crippen LogP contribution in [0.1, 0.15) is 31.2 Å². The number of para-hydroxylation sites is 1. The summed E-state index contributed by atoms with van der Waals surface area (Å²) in [5.41, 5.74) is 9.20. The summed E-state index contributed by atoms with van der Waals surface area (Å²) in [7, 11) is 0. The Morgan fingerprint density at radius 2 is 2.22 bits per heavy atom. The minimum absolute atomic E-state index is 0.105. The minimum atomic E-state index is 0.105. The first-order valence-electron chi connectivity index (χ1n) is 6.38. The lowest BCUT2D eigenvalue weighted by molar-refractivity contribution is 0.601. The Morgan fingerprint density at radius 1 is 1.50 bits per heavy atom. The first kappa shape index (κ1) is 14.5. The zero-order valence-corrected chi connectivity index (χ0v) is 11.1. The fraction of sp³-hybridized carbons (Fsp3) is 0.400. The largest absolute Gasteiger partial charge is 0.359 e. The van der Waals surface area contributed by atoms with Gasteiger partial charge >= 0.3 is 0 Å². The monoisotopic (exact) mass is 245 g/mol. The number of allylic oxidation sites excluding steroid dienone is 1. The Labute approximate surface area is 110 Å². The number of anilines is 1. The number of hydrogen-bond acceptors (Lipinski definition) is 3. The summed E-state index contributed by atoms with van der Waals surface area (Å²) < 4.78 is 0. The molecule has 0 bridgehead atoms. The maximum Gasteiger partial charge on any atom is 0.0411 e. The summed E-state index contributed by atoms with van der Waals surface area (Å²) in [6.45, 7) is 6.12. The molecular weight excluding hydrogens is 222 g/mol. The van der Waals surface area contributed by atoms with Crippen LogP contribution in [0.3, 0.4) is 0 Å². The van der Waals surface area contributed by atoms with Gasteiger partial charge in [0.1, 0.15) is 0 Å². The Hall–Kier alpha value is -1.61. The molecule has 0 aromatic heterocycles. The molecule has 4 N–H and O–H groups in total. The highest BCUT2D eigenvalue weighted by molar-refractivity contribution is 5.54. The summed E-state index contributed by atoms with van der Waals surface area (Å²) in [6.07, 6.45) is 4.90. The number of nitrogens with two attached hydrogens (primary N) is 1. The third-order valence-electron chi connectivity index (χ3n) is 2.93. The lowest BCUT2D eigenvalue weighted by Gasteiger charge is -2.13. The zero-order chi connectivity index (χ0) is 13.4. The zero-order valence-electron chi connectivity index (χ0n) is 11.1. The maximum atomic E-state index is 6.99. The highest BCUT2D eigenvalue weighted by Gasteiger charge is 2.02. The number of hydrogen-bond donors (Lipinski definition) is 3. The van der Waals surface area contributed by atoms with E-state index < -0.39 is 0 Å². The van der Waals surface area contributed by atoms with E-state index in [0.29, 0.717) is 6.42 Å². The second-order valence-electron chi connectivity index (χ2n) is 4.64. The van der Waals surface area contributed by atoms with Gasteiger partial charge in [0.15, 0.2) is 0 Å². The van der Waals surface area contributed by atoms with E-state index in [4.69, 9.17) is 11.1 Å². The lowest BCUT2D eigenvalue weighted by Crippen LogP contribution is -2.20. The molecule has 0 saturated heterocycles. The van der Waals surface area contributed by atoms with Gasteiger partial charge < -0.3 is 16.5 Å². The highest BCUT2D eigenvalue weighted by Crippen LogP contribution is 2.17. The Kier molecular flexibility index (Phi) is 6.15. The van der Waals surface area contributed by atoms with Crippen molar-refractivity contribution in [2.75, 3.05) is 5.32 Å². The Balaban J connectivity index is 2.30. The molecule has 0 aliphatic heterocycles. The Bertz CT molecular complexity index is 398. The molecule has 1 unspecified atom stereocenters. The first-order valence-corrected chi connectivity index (χ1v) is 6.38. The third kappa shape index (κ3) is 5.15. The summed E-state index contributed by atoms with van der Waals surface area (Å²) in [5, 5.41) is 10.3. The van der Waals surface area contributed by atoms with Crippen molar-refractivity contribution in [2.45, 2.75) is 38.6 Å². The number of rotatable bonds is 8. The van der Waals surface area contributed by atoms with Crippen LogP contribution in [0, 0.1) is 12.3 Å². The van der Waals surface area contributed by atoms with Crippen LogP contribution < -0.4 is 11.1 Å². The predicted molar refractivity (Wildman–Crippen MR) is 79.2 cm³/mol. The normalized spacial score (nSPS) is 11.9. The fourth-order valence-corrected chi connectivity index (χ4v) is 1.81. The minimum Gasteiger partial charge on any atom is -0.359 e. The molecule has 1 aromatic carbocycles. The van der Waals surface area contributed by atoms with Gasteiger partial charge in [0.2, 0.25) is 0 Å². The van der Waals surface area contributed by atoms with E-state index >= 15 is 0 Å². The quantitative estimate of drug-likeness (QED) is 0.614. The van der Waals surface area contributed by atoms with E-state index in [-0.39, 0.29) is 6.04 Å². The lowest BCUT2D eigenvalue weighted by atomic mass is 10.1. The molecule has 0 fully saturated rings. The molecule has 0 saturated carbocycles. The van der Waals surface area contributed by atoms with Gasteiger partial charge in [0, 0.05) is 17.4 Å². The van der Waals surface area contributed by atoms with Gasteiger partial charge in [-0.2, -0.15) is 0 Å². The van der Waals surface area contributed by atoms with E-state index in [2.05, 4.69) is 31.0 Å². The van der Waals surface area contributed by atoms with Gasteiger partial charge in [0.05, 0.1) is 0 Å². The van der Waals surface area contributed by atoms with Crippen LogP contribution in [-0.4, -0.2) is 12.3 Å². The van der Waals surface area contributed by atoms with Crippen molar-refractivity contribution in [3.63, 3.8) is 0 Å². The van der Waals surface area contributed by atoms with E-state index in [9.17, 15) is 0 Å². The molecule has 1 rings (SSSR count). The molecular formula is C15H23N3. The molecule has 0 amide bonds. The van der Waals surface area contributed by atoms with Crippen molar-refractivity contribution in [3.8, 4) is 0 Å². The van der Waals surface area contributed by atoms with E-state index in [1.165, 1.54) is 11.8 Å². The van der Waals surface area contributed by atoms with Crippen LogP contribution >= 0.6 is 0 Å². The van der Waals surface area contributed by atoms with Crippen molar-refractivity contribution in [1.29, 1.82) is 5.41 Å². The van der Waals surface area contributed by atoms with Gasteiger partial charge in [-0.05, 0) is 50.5 Å². The van der Waals surface area contributed by atoms with E-state index in [1.54, 1.807) is 0 Å². The second kappa shape index (κ2) is 7.67. The van der Waals surface area contributed by atoms with Crippen molar-refractivity contribution in [3.05, 3.63) is 42.1 Å². The van der Waals surface area contributed by atoms with Crippen LogP contribution in [0.4, 0.5) is 5.69 Å². The van der Waals surface area contributed by atoms with Crippen LogP contribution in [0.25, 0.3) is 0 Å². The third-order valence-corrected chi connectivity index (χ3v) is 2.93. The molecule has 98 valence electrons. The average molecular weight is 245 g/mol. The van der Waals surface area contributed by atoms with Gasteiger partial charge in [-0.15, -0.1) is 0 Å². The van der Waals surface area contributed by atoms with E-state index in [1.807, 2.05) is 12.1 Å². The SMILES string of the molecule is C=C(CCCC(N)CC=N)Nc1ccccc1C. The summed E-state index contributed by atoms with van der Waals surface area (Å²) in [5.74, 6) is 0. The molecule has 3 heteroatoms. The summed E-state index contributed by atoms with van der Waals surface area (Å²) >= 11 is 0. The van der Waals surface area contributed by atoms with Crippen LogP contribution in [-0.2, 0) is 0 Å².